The third kappa shape index (κ3) is 4.12. The van der Waals surface area contributed by atoms with E-state index in [1.807, 2.05) is 32.0 Å². The van der Waals surface area contributed by atoms with Crippen molar-refractivity contribution in [2.24, 2.45) is 0 Å². The van der Waals surface area contributed by atoms with E-state index in [2.05, 4.69) is 20.8 Å². The van der Waals surface area contributed by atoms with Crippen molar-refractivity contribution >= 4 is 34.9 Å². The number of hydrogen-bond donors (Lipinski definition) is 1. The van der Waals surface area contributed by atoms with Crippen molar-refractivity contribution in [1.29, 1.82) is 0 Å². The minimum absolute atomic E-state index is 0.0440. The number of imide groups is 1. The summed E-state index contributed by atoms with van der Waals surface area (Å²) < 4.78 is 1.60. The van der Waals surface area contributed by atoms with E-state index in [1.165, 1.54) is 23.1 Å². The van der Waals surface area contributed by atoms with Crippen LogP contribution >= 0.6 is 23.1 Å². The Morgan fingerprint density at radius 1 is 1.28 bits per heavy atom. The molecule has 0 bridgehead atoms. The molecule has 0 spiro atoms. The topological polar surface area (TPSA) is 89.8 Å². The zero-order chi connectivity index (χ0) is 17.8. The van der Waals surface area contributed by atoms with Gasteiger partial charge in [-0.2, -0.15) is 4.68 Å². The van der Waals surface area contributed by atoms with E-state index in [4.69, 9.17) is 0 Å². The number of carbonyl (C=O) groups is 2. The van der Waals surface area contributed by atoms with E-state index in [0.717, 1.165) is 16.8 Å². The van der Waals surface area contributed by atoms with Crippen molar-refractivity contribution in [3.63, 3.8) is 0 Å². The molecule has 1 aromatic carbocycles. The molecule has 3 aromatic rings. The van der Waals surface area contributed by atoms with Crippen LogP contribution in [0.3, 0.4) is 0 Å². The highest BCUT2D eigenvalue weighted by Crippen LogP contribution is 2.21. The molecule has 9 heteroatoms. The maximum atomic E-state index is 12.0. The van der Waals surface area contributed by atoms with Gasteiger partial charge in [-0.05, 0) is 52.9 Å². The monoisotopic (exact) mass is 373 g/mol. The van der Waals surface area contributed by atoms with E-state index >= 15 is 0 Å². The van der Waals surface area contributed by atoms with E-state index in [9.17, 15) is 9.59 Å². The highest BCUT2D eigenvalue weighted by atomic mass is 32.2. The van der Waals surface area contributed by atoms with Crippen LogP contribution in [0.25, 0.3) is 5.69 Å². The van der Waals surface area contributed by atoms with Crippen molar-refractivity contribution in [2.75, 3.05) is 5.75 Å². The summed E-state index contributed by atoms with van der Waals surface area (Å²) in [6.07, 6.45) is 0. The molecule has 0 aliphatic carbocycles. The molecule has 128 valence electrons. The van der Waals surface area contributed by atoms with Crippen LogP contribution < -0.4 is 5.32 Å². The van der Waals surface area contributed by atoms with Gasteiger partial charge < -0.3 is 0 Å². The Bertz CT molecular complexity index is 905. The number of benzene rings is 1. The molecule has 0 atom stereocenters. The Morgan fingerprint density at radius 3 is 2.88 bits per heavy atom. The lowest BCUT2D eigenvalue weighted by molar-refractivity contribution is -0.117. The van der Waals surface area contributed by atoms with Crippen LogP contribution in [0.1, 0.15) is 20.8 Å². The van der Waals surface area contributed by atoms with Crippen molar-refractivity contribution in [3.05, 3.63) is 51.7 Å². The Balaban J connectivity index is 1.67. The third-order valence-electron chi connectivity index (χ3n) is 3.36. The number of rotatable bonds is 5. The third-order valence-corrected chi connectivity index (χ3v) is 5.15. The first kappa shape index (κ1) is 17.3. The molecule has 0 saturated heterocycles. The van der Waals surface area contributed by atoms with E-state index in [-0.39, 0.29) is 11.7 Å². The summed E-state index contributed by atoms with van der Waals surface area (Å²) in [5.74, 6) is -0.740. The molecule has 2 amide bonds. The fourth-order valence-electron chi connectivity index (χ4n) is 2.13. The first-order valence-corrected chi connectivity index (χ1v) is 9.27. The number of hydrogen-bond acceptors (Lipinski definition) is 7. The minimum atomic E-state index is -0.394. The number of thioether (sulfide) groups is 1. The number of carbonyl (C=O) groups excluding carboxylic acids is 2. The van der Waals surface area contributed by atoms with Crippen LogP contribution in [-0.2, 0) is 4.79 Å². The second-order valence-electron chi connectivity index (χ2n) is 5.31. The maximum absolute atomic E-state index is 12.0. The fourth-order valence-corrected chi connectivity index (χ4v) is 3.43. The molecule has 0 saturated carbocycles. The van der Waals surface area contributed by atoms with Crippen LogP contribution in [0.4, 0.5) is 0 Å². The molecule has 0 radical (unpaired) electrons. The number of tetrazole rings is 1. The number of aryl methyl sites for hydroxylation is 2. The molecule has 3 rings (SSSR count). The SMILES string of the molecule is Cc1ccc(C)c(-n2nnnc2SCC(=O)NC(=O)c2cccs2)c1. The highest BCUT2D eigenvalue weighted by Gasteiger charge is 2.15. The van der Waals surface area contributed by atoms with Gasteiger partial charge in [-0.1, -0.05) is 30.0 Å². The van der Waals surface area contributed by atoms with Crippen molar-refractivity contribution in [3.8, 4) is 5.69 Å². The summed E-state index contributed by atoms with van der Waals surface area (Å²) in [7, 11) is 0. The van der Waals surface area contributed by atoms with Crippen molar-refractivity contribution in [1.82, 2.24) is 25.5 Å². The second-order valence-corrected chi connectivity index (χ2v) is 7.20. The fraction of sp³-hybridized carbons (Fsp3) is 0.188. The molecule has 1 N–H and O–H groups in total. The largest absolute Gasteiger partial charge is 0.291 e. The summed E-state index contributed by atoms with van der Waals surface area (Å²) in [5, 5.41) is 16.3. The number of amides is 2. The maximum Gasteiger partial charge on any atom is 0.267 e. The molecule has 0 fully saturated rings. The molecule has 25 heavy (non-hydrogen) atoms. The summed E-state index contributed by atoms with van der Waals surface area (Å²) in [4.78, 5) is 24.4. The lowest BCUT2D eigenvalue weighted by atomic mass is 10.1. The summed E-state index contributed by atoms with van der Waals surface area (Å²) in [5.41, 5.74) is 2.98. The van der Waals surface area contributed by atoms with E-state index in [1.54, 1.807) is 22.2 Å². The standard InChI is InChI=1S/C16H15N5O2S2/c1-10-5-6-11(2)12(8-10)21-16(18-19-20-21)25-9-14(22)17-15(23)13-4-3-7-24-13/h3-8H,9H2,1-2H3,(H,17,22,23). The second kappa shape index (κ2) is 7.58. The molecule has 0 unspecified atom stereocenters. The zero-order valence-corrected chi connectivity index (χ0v) is 15.2. The van der Waals surface area contributed by atoms with Crippen LogP contribution in [0, 0.1) is 13.8 Å². The summed E-state index contributed by atoms with van der Waals surface area (Å²) in [6.45, 7) is 3.96. The normalized spacial score (nSPS) is 10.6. The average Bonchev–Trinajstić information content (AvgIpc) is 3.26. The van der Waals surface area contributed by atoms with Crippen molar-refractivity contribution in [2.45, 2.75) is 19.0 Å². The molecule has 2 heterocycles. The Hall–Kier alpha value is -2.52. The smallest absolute Gasteiger partial charge is 0.267 e. The molecule has 2 aromatic heterocycles. The van der Waals surface area contributed by atoms with Gasteiger partial charge >= 0.3 is 0 Å². The first-order valence-electron chi connectivity index (χ1n) is 7.41. The number of aromatic nitrogens is 4. The Kier molecular flexibility index (Phi) is 5.25. The lowest BCUT2D eigenvalue weighted by Gasteiger charge is -2.08. The molecule has 0 aliphatic rings. The predicted molar refractivity (Wildman–Crippen MR) is 96.1 cm³/mol. The van der Waals surface area contributed by atoms with E-state index < -0.39 is 5.91 Å². The zero-order valence-electron chi connectivity index (χ0n) is 13.6. The average molecular weight is 373 g/mol. The molecular weight excluding hydrogens is 358 g/mol. The number of thiophene rings is 1. The minimum Gasteiger partial charge on any atom is -0.291 e. The van der Waals surface area contributed by atoms with Crippen LogP contribution in [0.15, 0.2) is 40.9 Å². The Morgan fingerprint density at radius 2 is 2.12 bits per heavy atom. The van der Waals surface area contributed by atoms with Gasteiger partial charge in [0.25, 0.3) is 5.91 Å². The van der Waals surface area contributed by atoms with Crippen LogP contribution in [0.5, 0.6) is 0 Å². The number of nitrogens with one attached hydrogen (secondary N) is 1. The summed E-state index contributed by atoms with van der Waals surface area (Å²) >= 11 is 2.46. The van der Waals surface area contributed by atoms with Crippen LogP contribution in [0.2, 0.25) is 0 Å². The predicted octanol–water partition coefficient (Wildman–Crippen LogP) is 2.39. The van der Waals surface area contributed by atoms with Gasteiger partial charge in [0.05, 0.1) is 16.3 Å². The van der Waals surface area contributed by atoms with Gasteiger partial charge in [-0.15, -0.1) is 16.4 Å². The van der Waals surface area contributed by atoms with Gasteiger partial charge in [-0.3, -0.25) is 14.9 Å². The van der Waals surface area contributed by atoms with Crippen molar-refractivity contribution < 1.29 is 9.59 Å². The molecular formula is C16H15N5O2S2. The van der Waals surface area contributed by atoms with Gasteiger partial charge in [0, 0.05) is 0 Å². The number of nitrogens with zero attached hydrogens (tertiary/aromatic N) is 4. The van der Waals surface area contributed by atoms with E-state index in [0.29, 0.717) is 10.0 Å². The van der Waals surface area contributed by atoms with Crippen LogP contribution in [-0.4, -0.2) is 37.8 Å². The highest BCUT2D eigenvalue weighted by molar-refractivity contribution is 7.99. The Labute approximate surface area is 152 Å². The molecule has 7 nitrogen and oxygen atoms in total. The quantitative estimate of drug-likeness (QED) is 0.691. The lowest BCUT2D eigenvalue weighted by Crippen LogP contribution is -2.31. The first-order chi connectivity index (χ1) is 12.0. The van der Waals surface area contributed by atoms with Gasteiger partial charge in [0.2, 0.25) is 11.1 Å². The van der Waals surface area contributed by atoms with Gasteiger partial charge in [-0.25, -0.2) is 0 Å². The van der Waals surface area contributed by atoms with Gasteiger partial charge in [0.15, 0.2) is 0 Å². The molecule has 0 aliphatic heterocycles. The van der Waals surface area contributed by atoms with Gasteiger partial charge in [0.1, 0.15) is 0 Å². The summed E-state index contributed by atoms with van der Waals surface area (Å²) in [6, 6.07) is 9.42.